The second-order valence-electron chi connectivity index (χ2n) is 4.56. The molecule has 2 aromatic rings. The number of hydrogen-bond acceptors (Lipinski definition) is 3. The van der Waals surface area contributed by atoms with Crippen molar-refractivity contribution in [2.75, 3.05) is 18.4 Å². The average Bonchev–Trinajstić information content (AvgIpc) is 2.50. The Hall–Kier alpha value is -1.49. The van der Waals surface area contributed by atoms with Crippen LogP contribution in [0.25, 0.3) is 11.0 Å². The van der Waals surface area contributed by atoms with Crippen LogP contribution in [0.15, 0.2) is 30.6 Å². The van der Waals surface area contributed by atoms with Gasteiger partial charge < -0.3 is 4.90 Å². The first-order valence-corrected chi connectivity index (χ1v) is 7.95. The van der Waals surface area contributed by atoms with Gasteiger partial charge in [0.2, 0.25) is 0 Å². The van der Waals surface area contributed by atoms with Gasteiger partial charge >= 0.3 is 0 Å². The van der Waals surface area contributed by atoms with E-state index in [2.05, 4.69) is 32.8 Å². The van der Waals surface area contributed by atoms with Crippen LogP contribution in [0, 0.1) is 0 Å². The minimum absolute atomic E-state index is 0.0315. The molecule has 0 unspecified atom stereocenters. The van der Waals surface area contributed by atoms with Crippen molar-refractivity contribution in [2.45, 2.75) is 19.8 Å². The Kier molecular flexibility index (Phi) is 5.47. The monoisotopic (exact) mass is 335 g/mol. The van der Waals surface area contributed by atoms with Gasteiger partial charge in [-0.25, -0.2) is 0 Å². The Morgan fingerprint density at radius 3 is 2.80 bits per heavy atom. The van der Waals surface area contributed by atoms with Crippen LogP contribution in [0.4, 0.5) is 0 Å². The second-order valence-corrected chi connectivity index (χ2v) is 5.36. The van der Waals surface area contributed by atoms with Crippen molar-refractivity contribution in [3.8, 4) is 0 Å². The van der Waals surface area contributed by atoms with E-state index in [1.807, 2.05) is 23.1 Å². The summed E-state index contributed by atoms with van der Waals surface area (Å²) < 4.78 is 0. The molecule has 0 saturated carbocycles. The van der Waals surface area contributed by atoms with E-state index < -0.39 is 0 Å². The number of carbonyl (C=O) groups is 1. The molecular weight excluding hydrogens is 318 g/mol. The second kappa shape index (κ2) is 7.33. The van der Waals surface area contributed by atoms with Gasteiger partial charge in [0.1, 0.15) is 5.52 Å². The number of aromatic nitrogens is 2. The molecule has 0 fully saturated rings. The number of para-hydroxylation sites is 1. The summed E-state index contributed by atoms with van der Waals surface area (Å²) in [5, 5.41) is 0.777. The number of benzene rings is 1. The van der Waals surface area contributed by atoms with E-state index in [0.717, 1.165) is 30.2 Å². The first kappa shape index (κ1) is 14.9. The summed E-state index contributed by atoms with van der Waals surface area (Å²) in [4.78, 5) is 23.1. The fraction of sp³-hybridized carbons (Fsp3) is 0.400. The maximum Gasteiger partial charge on any atom is 0.256 e. The lowest BCUT2D eigenvalue weighted by atomic mass is 10.1. The van der Waals surface area contributed by atoms with Gasteiger partial charge in [0, 0.05) is 30.8 Å². The molecule has 2 rings (SSSR count). The van der Waals surface area contributed by atoms with E-state index in [1.54, 1.807) is 12.4 Å². The molecule has 1 aromatic heterocycles. The zero-order chi connectivity index (χ0) is 14.4. The van der Waals surface area contributed by atoms with E-state index >= 15 is 0 Å². The molecule has 1 heterocycles. The van der Waals surface area contributed by atoms with Crippen molar-refractivity contribution in [3.05, 3.63) is 36.2 Å². The maximum atomic E-state index is 12.7. The molecule has 4 nitrogen and oxygen atoms in total. The molecular formula is C15H18BrN3O. The highest BCUT2D eigenvalue weighted by Gasteiger charge is 2.17. The molecule has 1 aromatic carbocycles. The van der Waals surface area contributed by atoms with Crippen LogP contribution in [-0.2, 0) is 0 Å². The summed E-state index contributed by atoms with van der Waals surface area (Å²) in [5.41, 5.74) is 2.07. The molecule has 0 saturated heterocycles. The number of unbranched alkanes of at least 4 members (excludes halogenated alkanes) is 1. The number of alkyl halides is 1. The average molecular weight is 336 g/mol. The van der Waals surface area contributed by atoms with Crippen LogP contribution in [-0.4, -0.2) is 39.2 Å². The van der Waals surface area contributed by atoms with Crippen molar-refractivity contribution in [1.82, 2.24) is 14.9 Å². The fourth-order valence-electron chi connectivity index (χ4n) is 2.10. The van der Waals surface area contributed by atoms with E-state index in [1.165, 1.54) is 0 Å². The summed E-state index contributed by atoms with van der Waals surface area (Å²) in [6.07, 6.45) is 5.35. The third kappa shape index (κ3) is 3.33. The predicted molar refractivity (Wildman–Crippen MR) is 84.1 cm³/mol. The summed E-state index contributed by atoms with van der Waals surface area (Å²) in [7, 11) is 0. The number of nitrogens with zero attached hydrogens (tertiary/aromatic N) is 3. The smallest absolute Gasteiger partial charge is 0.256 e. The lowest BCUT2D eigenvalue weighted by molar-refractivity contribution is 0.0766. The summed E-state index contributed by atoms with van der Waals surface area (Å²) in [6, 6.07) is 5.56. The highest BCUT2D eigenvalue weighted by atomic mass is 79.9. The molecule has 106 valence electrons. The van der Waals surface area contributed by atoms with E-state index in [0.29, 0.717) is 17.6 Å². The predicted octanol–water partition coefficient (Wildman–Crippen LogP) is 3.27. The molecule has 0 spiro atoms. The van der Waals surface area contributed by atoms with Crippen molar-refractivity contribution in [3.63, 3.8) is 0 Å². The molecule has 1 amide bonds. The lowest BCUT2D eigenvalue weighted by Crippen LogP contribution is -2.33. The number of rotatable bonds is 6. The normalized spacial score (nSPS) is 10.7. The van der Waals surface area contributed by atoms with Crippen molar-refractivity contribution >= 4 is 32.9 Å². The highest BCUT2D eigenvalue weighted by Crippen LogP contribution is 2.16. The Labute approximate surface area is 127 Å². The third-order valence-electron chi connectivity index (χ3n) is 3.15. The third-order valence-corrected chi connectivity index (χ3v) is 3.51. The summed E-state index contributed by atoms with van der Waals surface area (Å²) in [6.45, 7) is 3.60. The van der Waals surface area contributed by atoms with Crippen LogP contribution in [0.1, 0.15) is 30.1 Å². The summed E-state index contributed by atoms with van der Waals surface area (Å²) in [5.74, 6) is 0.0315. The standard InChI is InChI=1S/C15H18BrN3O/c1-2-3-10-19(11-7-16)15(20)12-5-4-6-13-14(12)18-9-8-17-13/h4-6,8-9H,2-3,7,10-11H2,1H3. The molecule has 5 heteroatoms. The van der Waals surface area contributed by atoms with Gasteiger partial charge in [-0.15, -0.1) is 0 Å². The van der Waals surface area contributed by atoms with Gasteiger partial charge in [0.15, 0.2) is 0 Å². The van der Waals surface area contributed by atoms with Gasteiger partial charge in [-0.3, -0.25) is 14.8 Å². The number of amides is 1. The van der Waals surface area contributed by atoms with Gasteiger partial charge in [-0.05, 0) is 18.6 Å². The zero-order valence-electron chi connectivity index (χ0n) is 11.6. The number of hydrogen-bond donors (Lipinski definition) is 0. The molecule has 0 bridgehead atoms. The molecule has 0 aliphatic carbocycles. The largest absolute Gasteiger partial charge is 0.338 e. The van der Waals surface area contributed by atoms with Crippen LogP contribution < -0.4 is 0 Å². The van der Waals surface area contributed by atoms with Crippen LogP contribution >= 0.6 is 15.9 Å². The van der Waals surface area contributed by atoms with E-state index in [-0.39, 0.29) is 5.91 Å². The molecule has 0 aliphatic rings. The molecule has 0 aliphatic heterocycles. The van der Waals surface area contributed by atoms with E-state index in [4.69, 9.17) is 0 Å². The summed E-state index contributed by atoms with van der Waals surface area (Å²) >= 11 is 3.41. The number of fused-ring (bicyclic) bond motifs is 1. The molecule has 0 atom stereocenters. The van der Waals surface area contributed by atoms with Crippen molar-refractivity contribution in [2.24, 2.45) is 0 Å². The zero-order valence-corrected chi connectivity index (χ0v) is 13.1. The van der Waals surface area contributed by atoms with Crippen LogP contribution in [0.5, 0.6) is 0 Å². The Bertz CT molecular complexity index is 583. The molecule has 20 heavy (non-hydrogen) atoms. The minimum Gasteiger partial charge on any atom is -0.338 e. The van der Waals surface area contributed by atoms with Gasteiger partial charge in [0.25, 0.3) is 5.91 Å². The number of halogens is 1. The first-order valence-electron chi connectivity index (χ1n) is 6.83. The van der Waals surface area contributed by atoms with E-state index in [9.17, 15) is 4.79 Å². The SMILES string of the molecule is CCCCN(CCBr)C(=O)c1cccc2nccnc12. The lowest BCUT2D eigenvalue weighted by Gasteiger charge is -2.22. The Balaban J connectivity index is 2.33. The molecule has 0 N–H and O–H groups in total. The van der Waals surface area contributed by atoms with Crippen molar-refractivity contribution in [1.29, 1.82) is 0 Å². The minimum atomic E-state index is 0.0315. The highest BCUT2D eigenvalue weighted by molar-refractivity contribution is 9.09. The fourth-order valence-corrected chi connectivity index (χ4v) is 2.53. The van der Waals surface area contributed by atoms with Crippen molar-refractivity contribution < 1.29 is 4.79 Å². The van der Waals surface area contributed by atoms with Crippen LogP contribution in [0.3, 0.4) is 0 Å². The van der Waals surface area contributed by atoms with Gasteiger partial charge in [0.05, 0.1) is 11.1 Å². The van der Waals surface area contributed by atoms with Gasteiger partial charge in [-0.2, -0.15) is 0 Å². The first-order chi connectivity index (χ1) is 9.77. The Morgan fingerprint density at radius 2 is 2.05 bits per heavy atom. The number of carbonyl (C=O) groups excluding carboxylic acids is 1. The maximum absolute atomic E-state index is 12.7. The van der Waals surface area contributed by atoms with Crippen LogP contribution in [0.2, 0.25) is 0 Å². The molecule has 0 radical (unpaired) electrons. The van der Waals surface area contributed by atoms with Gasteiger partial charge in [-0.1, -0.05) is 35.3 Å². The Morgan fingerprint density at radius 1 is 1.25 bits per heavy atom. The quantitative estimate of drug-likeness (QED) is 0.761. The topological polar surface area (TPSA) is 46.1 Å².